The Morgan fingerprint density at radius 1 is 0.966 bits per heavy atom. The van der Waals surface area contributed by atoms with Crippen LogP contribution in [0.5, 0.6) is 0 Å². The van der Waals surface area contributed by atoms with Gasteiger partial charge in [-0.15, -0.1) is 6.42 Å². The maximum absolute atomic E-state index is 13.0. The minimum Gasteiger partial charge on any atom is -0.399 e. The highest BCUT2D eigenvalue weighted by Crippen LogP contribution is 2.34. The fourth-order valence-electron chi connectivity index (χ4n) is 2.34. The molecule has 0 aromatic heterocycles. The largest absolute Gasteiger partial charge is 0.416 e. The molecule has 1 heterocycles. The Bertz CT molecular complexity index is 979. The van der Waals surface area contributed by atoms with Crippen molar-refractivity contribution in [3.63, 3.8) is 0 Å². The molecule has 2 nitrogen and oxygen atoms in total. The third-order valence-corrected chi connectivity index (χ3v) is 3.63. The number of terminal acetylenes is 1. The minimum atomic E-state index is -4.41. The molecule has 1 aromatic carbocycles. The first-order valence-electron chi connectivity index (χ1n) is 8.52. The molecule has 1 aliphatic rings. The van der Waals surface area contributed by atoms with Crippen molar-refractivity contribution in [2.24, 2.45) is 0 Å². The van der Waals surface area contributed by atoms with Crippen LogP contribution in [0.25, 0.3) is 0 Å². The van der Waals surface area contributed by atoms with Crippen molar-refractivity contribution in [2.75, 3.05) is 23.7 Å². The van der Waals surface area contributed by atoms with E-state index in [1.54, 1.807) is 11.8 Å². The number of piperidine rings is 1. The molecule has 2 N–H and O–H groups in total. The summed E-state index contributed by atoms with van der Waals surface area (Å²) in [7, 11) is 0. The molecule has 0 spiro atoms. The lowest BCUT2D eigenvalue weighted by molar-refractivity contribution is -0.137. The third-order valence-electron chi connectivity index (χ3n) is 3.63. The number of benzene rings is 1. The van der Waals surface area contributed by atoms with Gasteiger partial charge in [0, 0.05) is 24.5 Å². The smallest absolute Gasteiger partial charge is 0.399 e. The zero-order chi connectivity index (χ0) is 21.7. The van der Waals surface area contributed by atoms with Crippen LogP contribution in [0.2, 0.25) is 0 Å². The first kappa shape index (κ1) is 23.4. The van der Waals surface area contributed by atoms with E-state index < -0.39 is 17.9 Å². The highest BCUT2D eigenvalue weighted by atomic mass is 19.4. The van der Waals surface area contributed by atoms with Crippen molar-refractivity contribution in [1.82, 2.24) is 0 Å². The summed E-state index contributed by atoms with van der Waals surface area (Å²) in [5.41, 5.74) is 5.21. The summed E-state index contributed by atoms with van der Waals surface area (Å²) < 4.78 is 50.9. The van der Waals surface area contributed by atoms with Gasteiger partial charge in [-0.3, -0.25) is 0 Å². The van der Waals surface area contributed by atoms with Crippen LogP contribution in [0.15, 0.2) is 18.2 Å². The van der Waals surface area contributed by atoms with Gasteiger partial charge in [0.15, 0.2) is 0 Å². The fourth-order valence-corrected chi connectivity index (χ4v) is 2.34. The Labute approximate surface area is 168 Å². The predicted octanol–water partition coefficient (Wildman–Crippen LogP) is 3.88. The standard InChI is InChI=1S/C12H14F4N2.C11H4/c13-9-1-3-18(4-2-9)11-6-8(12(14,15)16)5-10(17)7-11;1-3-5-7-9-11-10-8-6-4-2/h5-7,9H,1-4,17H2;1H,2H3. The molecule has 1 aliphatic heterocycles. The second kappa shape index (κ2) is 11.9. The van der Waals surface area contributed by atoms with Gasteiger partial charge in [-0.2, -0.15) is 13.2 Å². The molecular formula is C23H18F4N2. The topological polar surface area (TPSA) is 29.3 Å². The molecule has 1 saturated heterocycles. The summed E-state index contributed by atoms with van der Waals surface area (Å²) in [6, 6.07) is 3.47. The third kappa shape index (κ3) is 9.20. The Hall–Kier alpha value is -3.66. The Morgan fingerprint density at radius 2 is 1.52 bits per heavy atom. The highest BCUT2D eigenvalue weighted by molar-refractivity contribution is 5.59. The monoisotopic (exact) mass is 398 g/mol. The maximum atomic E-state index is 13.0. The highest BCUT2D eigenvalue weighted by Gasteiger charge is 2.32. The molecule has 0 aliphatic carbocycles. The summed E-state index contributed by atoms with van der Waals surface area (Å²) in [5, 5.41) is 0. The number of alkyl halides is 4. The van der Waals surface area contributed by atoms with Crippen LogP contribution in [0.4, 0.5) is 28.9 Å². The lowest BCUT2D eigenvalue weighted by atomic mass is 10.1. The van der Waals surface area contributed by atoms with E-state index in [1.165, 1.54) is 6.07 Å². The van der Waals surface area contributed by atoms with Crippen molar-refractivity contribution in [1.29, 1.82) is 0 Å². The van der Waals surface area contributed by atoms with Crippen molar-refractivity contribution in [3.8, 4) is 59.7 Å². The molecule has 0 atom stereocenters. The summed E-state index contributed by atoms with van der Waals surface area (Å²) in [4.78, 5) is 1.74. The van der Waals surface area contributed by atoms with Gasteiger partial charge in [-0.05, 0) is 85.3 Å². The van der Waals surface area contributed by atoms with E-state index in [2.05, 4.69) is 53.3 Å². The van der Waals surface area contributed by atoms with E-state index in [1.807, 2.05) is 0 Å². The number of rotatable bonds is 1. The van der Waals surface area contributed by atoms with Crippen LogP contribution in [-0.4, -0.2) is 19.3 Å². The molecule has 0 radical (unpaired) electrons. The second-order valence-electron chi connectivity index (χ2n) is 5.74. The molecule has 0 unspecified atom stereocenters. The van der Waals surface area contributed by atoms with Crippen molar-refractivity contribution in [3.05, 3.63) is 23.8 Å². The molecule has 0 bridgehead atoms. The molecule has 29 heavy (non-hydrogen) atoms. The van der Waals surface area contributed by atoms with Gasteiger partial charge in [0.2, 0.25) is 0 Å². The molecular weight excluding hydrogens is 380 g/mol. The minimum absolute atomic E-state index is 0.0715. The number of nitrogens with two attached hydrogens (primary N) is 1. The second-order valence-corrected chi connectivity index (χ2v) is 5.74. The molecule has 0 amide bonds. The van der Waals surface area contributed by atoms with Crippen LogP contribution in [0.1, 0.15) is 25.3 Å². The van der Waals surface area contributed by atoms with Crippen LogP contribution in [0, 0.1) is 59.7 Å². The normalized spacial score (nSPS) is 12.6. The van der Waals surface area contributed by atoms with Crippen LogP contribution in [-0.2, 0) is 6.18 Å². The van der Waals surface area contributed by atoms with Gasteiger partial charge >= 0.3 is 6.18 Å². The van der Waals surface area contributed by atoms with Gasteiger partial charge in [0.25, 0.3) is 0 Å². The number of nitrogens with zero attached hydrogens (tertiary/aromatic N) is 1. The first-order chi connectivity index (χ1) is 13.8. The number of hydrogen-bond acceptors (Lipinski definition) is 2. The number of hydrogen-bond donors (Lipinski definition) is 1. The summed E-state index contributed by atoms with van der Waals surface area (Å²) in [5.74, 6) is 22.0. The lowest BCUT2D eigenvalue weighted by Crippen LogP contribution is -2.34. The van der Waals surface area contributed by atoms with Gasteiger partial charge < -0.3 is 10.6 Å². The van der Waals surface area contributed by atoms with Crippen molar-refractivity contribution < 1.29 is 17.6 Å². The molecule has 1 aromatic rings. The molecule has 1 fully saturated rings. The summed E-state index contributed by atoms with van der Waals surface area (Å²) >= 11 is 0. The van der Waals surface area contributed by atoms with Crippen molar-refractivity contribution >= 4 is 11.4 Å². The van der Waals surface area contributed by atoms with Crippen LogP contribution >= 0.6 is 0 Å². The average molecular weight is 398 g/mol. The Balaban J connectivity index is 0.000000331. The van der Waals surface area contributed by atoms with Crippen LogP contribution < -0.4 is 10.6 Å². The lowest BCUT2D eigenvalue weighted by Gasteiger charge is -2.31. The first-order valence-corrected chi connectivity index (χ1v) is 8.52. The Morgan fingerprint density at radius 3 is 2.03 bits per heavy atom. The zero-order valence-electron chi connectivity index (χ0n) is 15.8. The average Bonchev–Trinajstić information content (AvgIpc) is 2.67. The van der Waals surface area contributed by atoms with E-state index >= 15 is 0 Å². The van der Waals surface area contributed by atoms with Gasteiger partial charge in [0.1, 0.15) is 6.17 Å². The van der Waals surface area contributed by atoms with E-state index in [-0.39, 0.29) is 5.69 Å². The Kier molecular flexibility index (Phi) is 9.62. The molecule has 6 heteroatoms. The molecule has 148 valence electrons. The molecule has 0 saturated carbocycles. The SMILES string of the molecule is C#CC#CC#CC#CC#CC.Nc1cc(N2CCC(F)CC2)cc(C(F)(F)F)c1. The fraction of sp³-hybridized carbons (Fsp3) is 0.304. The molecule has 2 rings (SSSR count). The van der Waals surface area contributed by atoms with E-state index in [0.717, 1.165) is 12.1 Å². The number of anilines is 2. The van der Waals surface area contributed by atoms with Crippen molar-refractivity contribution in [2.45, 2.75) is 32.1 Å². The van der Waals surface area contributed by atoms with E-state index in [9.17, 15) is 17.6 Å². The number of halogens is 4. The summed E-state index contributed by atoms with van der Waals surface area (Å²) in [6.45, 7) is 2.55. The maximum Gasteiger partial charge on any atom is 0.416 e. The number of nitrogen functional groups attached to an aromatic ring is 1. The van der Waals surface area contributed by atoms with E-state index in [0.29, 0.717) is 31.6 Å². The van der Waals surface area contributed by atoms with Gasteiger partial charge in [0.05, 0.1) is 5.56 Å². The summed E-state index contributed by atoms with van der Waals surface area (Å²) in [6.07, 6.45) is 0.257. The quantitative estimate of drug-likeness (QED) is 0.442. The zero-order valence-corrected chi connectivity index (χ0v) is 15.8. The van der Waals surface area contributed by atoms with Gasteiger partial charge in [-0.25, -0.2) is 4.39 Å². The van der Waals surface area contributed by atoms with Crippen LogP contribution in [0.3, 0.4) is 0 Å². The van der Waals surface area contributed by atoms with Gasteiger partial charge in [-0.1, -0.05) is 5.92 Å². The van der Waals surface area contributed by atoms with E-state index in [4.69, 9.17) is 12.2 Å². The predicted molar refractivity (Wildman–Crippen MR) is 108 cm³/mol.